The van der Waals surface area contributed by atoms with Crippen LogP contribution in [0, 0.1) is 10.1 Å². The number of nitrogens with one attached hydrogen (secondary N) is 1. The molecule has 0 saturated heterocycles. The predicted molar refractivity (Wildman–Crippen MR) is 114 cm³/mol. The fraction of sp³-hybridized carbons (Fsp3) is 0.0435. The number of Topliss-reactive ketones (excluding diaryl/α,β-unsaturated/α-hetero) is 1. The van der Waals surface area contributed by atoms with E-state index in [1.165, 1.54) is 12.1 Å². The molecular formula is C23H17N3O4. The third kappa shape index (κ3) is 3.81. The summed E-state index contributed by atoms with van der Waals surface area (Å²) < 4.78 is 5.16. The van der Waals surface area contributed by atoms with Crippen LogP contribution in [0.3, 0.4) is 0 Å². The maximum absolute atomic E-state index is 13.3. The van der Waals surface area contributed by atoms with E-state index in [0.29, 0.717) is 28.3 Å². The Morgan fingerprint density at radius 1 is 1.03 bits per heavy atom. The number of allylic oxidation sites excluding steroid dienone is 1. The molecule has 4 aromatic rings. The third-order valence-electron chi connectivity index (χ3n) is 4.66. The van der Waals surface area contributed by atoms with Crippen LogP contribution in [0.1, 0.15) is 21.7 Å². The van der Waals surface area contributed by atoms with E-state index in [4.69, 9.17) is 4.74 Å². The first-order valence-electron chi connectivity index (χ1n) is 9.15. The van der Waals surface area contributed by atoms with Crippen molar-refractivity contribution in [1.82, 2.24) is 9.97 Å². The quantitative estimate of drug-likeness (QED) is 0.215. The van der Waals surface area contributed by atoms with Crippen molar-refractivity contribution in [3.8, 4) is 5.75 Å². The zero-order valence-electron chi connectivity index (χ0n) is 16.0. The number of carbonyl (C=O) groups is 1. The van der Waals surface area contributed by atoms with Crippen LogP contribution in [0.5, 0.6) is 5.75 Å². The van der Waals surface area contributed by atoms with Gasteiger partial charge in [0.2, 0.25) is 0 Å². The third-order valence-corrected chi connectivity index (χ3v) is 4.66. The number of benzene rings is 3. The average Bonchev–Trinajstić information content (AvgIpc) is 3.21. The topological polar surface area (TPSA) is 98.1 Å². The highest BCUT2D eigenvalue weighted by Crippen LogP contribution is 2.25. The molecule has 1 heterocycles. The van der Waals surface area contributed by atoms with Crippen LogP contribution in [0.15, 0.2) is 72.8 Å². The molecule has 0 unspecified atom stereocenters. The van der Waals surface area contributed by atoms with Crippen LogP contribution >= 0.6 is 0 Å². The summed E-state index contributed by atoms with van der Waals surface area (Å²) in [7, 11) is 1.56. The standard InChI is InChI=1S/C23H17N3O4/c1-30-18-12-8-16(9-13-18)22(27)19(14-15-6-10-17(11-7-15)26(28)29)23-24-20-4-2-3-5-21(20)25-23/h2-14H,1H3,(H,24,25). The van der Waals surface area contributed by atoms with E-state index in [1.54, 1.807) is 49.6 Å². The van der Waals surface area contributed by atoms with Crippen molar-refractivity contribution in [3.63, 3.8) is 0 Å². The molecule has 0 spiro atoms. The molecule has 0 amide bonds. The molecule has 1 aromatic heterocycles. The number of para-hydroxylation sites is 2. The Kier molecular flexibility index (Phi) is 5.09. The number of aromatic amines is 1. The number of H-pyrrole nitrogens is 1. The van der Waals surface area contributed by atoms with Gasteiger partial charge in [0, 0.05) is 17.7 Å². The van der Waals surface area contributed by atoms with E-state index in [1.807, 2.05) is 24.3 Å². The molecule has 148 valence electrons. The van der Waals surface area contributed by atoms with Gasteiger partial charge in [0.05, 0.1) is 28.6 Å². The van der Waals surface area contributed by atoms with Gasteiger partial charge in [0.1, 0.15) is 11.6 Å². The van der Waals surface area contributed by atoms with Crippen molar-refractivity contribution in [1.29, 1.82) is 0 Å². The molecule has 0 fully saturated rings. The number of hydrogen-bond donors (Lipinski definition) is 1. The maximum atomic E-state index is 13.3. The van der Waals surface area contributed by atoms with Gasteiger partial charge in [-0.25, -0.2) is 4.98 Å². The number of fused-ring (bicyclic) bond motifs is 1. The zero-order chi connectivity index (χ0) is 21.1. The molecule has 0 saturated carbocycles. The van der Waals surface area contributed by atoms with Crippen LogP contribution in [-0.2, 0) is 0 Å². The van der Waals surface area contributed by atoms with Gasteiger partial charge in [0.25, 0.3) is 5.69 Å². The summed E-state index contributed by atoms with van der Waals surface area (Å²) in [5.41, 5.74) is 3.01. The number of ketones is 1. The lowest BCUT2D eigenvalue weighted by Gasteiger charge is -2.06. The molecule has 4 rings (SSSR count). The summed E-state index contributed by atoms with van der Waals surface area (Å²) >= 11 is 0. The summed E-state index contributed by atoms with van der Waals surface area (Å²) in [5, 5.41) is 10.9. The van der Waals surface area contributed by atoms with Crippen molar-refractivity contribution in [2.45, 2.75) is 0 Å². The van der Waals surface area contributed by atoms with Crippen molar-refractivity contribution >= 4 is 34.2 Å². The number of nitrogens with zero attached hydrogens (tertiary/aromatic N) is 2. The first-order valence-corrected chi connectivity index (χ1v) is 9.15. The molecule has 1 N–H and O–H groups in total. The second kappa shape index (κ2) is 8.00. The summed E-state index contributed by atoms with van der Waals surface area (Å²) in [4.78, 5) is 31.5. The molecule has 30 heavy (non-hydrogen) atoms. The lowest BCUT2D eigenvalue weighted by Crippen LogP contribution is -2.04. The summed E-state index contributed by atoms with van der Waals surface area (Å²) in [6.45, 7) is 0. The van der Waals surface area contributed by atoms with E-state index in [9.17, 15) is 14.9 Å². The van der Waals surface area contributed by atoms with E-state index in [-0.39, 0.29) is 11.5 Å². The molecule has 0 aliphatic carbocycles. The summed E-state index contributed by atoms with van der Waals surface area (Å²) in [6, 6.07) is 20.3. The number of methoxy groups -OCH3 is 1. The number of non-ortho nitro benzene ring substituents is 1. The first-order chi connectivity index (χ1) is 14.5. The monoisotopic (exact) mass is 399 g/mol. The molecular weight excluding hydrogens is 382 g/mol. The molecule has 0 aliphatic rings. The number of ether oxygens (including phenoxy) is 1. The zero-order valence-corrected chi connectivity index (χ0v) is 16.0. The van der Waals surface area contributed by atoms with Crippen LogP contribution in [0.4, 0.5) is 5.69 Å². The molecule has 3 aromatic carbocycles. The number of nitro benzene ring substituents is 1. The Balaban J connectivity index is 1.80. The molecule has 0 bridgehead atoms. The van der Waals surface area contributed by atoms with Gasteiger partial charge in [-0.15, -0.1) is 0 Å². The Hall–Kier alpha value is -4.26. The largest absolute Gasteiger partial charge is 0.497 e. The molecule has 7 nitrogen and oxygen atoms in total. The summed E-state index contributed by atoms with van der Waals surface area (Å²) in [5.74, 6) is 0.849. The van der Waals surface area contributed by atoms with Gasteiger partial charge in [-0.2, -0.15) is 0 Å². The van der Waals surface area contributed by atoms with Crippen LogP contribution in [-0.4, -0.2) is 27.8 Å². The van der Waals surface area contributed by atoms with Crippen molar-refractivity contribution in [2.75, 3.05) is 7.11 Å². The van der Waals surface area contributed by atoms with E-state index in [2.05, 4.69) is 9.97 Å². The van der Waals surface area contributed by atoms with Crippen LogP contribution < -0.4 is 4.74 Å². The van der Waals surface area contributed by atoms with Gasteiger partial charge >= 0.3 is 0 Å². The van der Waals surface area contributed by atoms with Gasteiger partial charge in [-0.1, -0.05) is 12.1 Å². The Morgan fingerprint density at radius 3 is 2.37 bits per heavy atom. The minimum Gasteiger partial charge on any atom is -0.497 e. The SMILES string of the molecule is COc1ccc(C(=O)C(=Cc2ccc([N+](=O)[O-])cc2)c2nc3ccccc3[nH]2)cc1. The molecule has 7 heteroatoms. The van der Waals surface area contributed by atoms with Gasteiger partial charge in [0.15, 0.2) is 5.78 Å². The molecule has 0 radical (unpaired) electrons. The number of nitro groups is 1. The minimum atomic E-state index is -0.462. The number of carbonyl (C=O) groups excluding carboxylic acids is 1. The number of hydrogen-bond acceptors (Lipinski definition) is 5. The van der Waals surface area contributed by atoms with Crippen LogP contribution in [0.25, 0.3) is 22.7 Å². The number of aromatic nitrogens is 2. The van der Waals surface area contributed by atoms with E-state index >= 15 is 0 Å². The summed E-state index contributed by atoms with van der Waals surface area (Å²) in [6.07, 6.45) is 1.67. The fourth-order valence-electron chi connectivity index (χ4n) is 3.08. The second-order valence-electron chi connectivity index (χ2n) is 6.57. The van der Waals surface area contributed by atoms with Crippen molar-refractivity contribution in [2.24, 2.45) is 0 Å². The van der Waals surface area contributed by atoms with Crippen LogP contribution in [0.2, 0.25) is 0 Å². The maximum Gasteiger partial charge on any atom is 0.269 e. The van der Waals surface area contributed by atoms with Crippen molar-refractivity contribution in [3.05, 3.63) is 99.9 Å². The fourth-order valence-corrected chi connectivity index (χ4v) is 3.08. The minimum absolute atomic E-state index is 0.0149. The lowest BCUT2D eigenvalue weighted by molar-refractivity contribution is -0.384. The lowest BCUT2D eigenvalue weighted by atomic mass is 10.00. The Morgan fingerprint density at radius 2 is 1.73 bits per heavy atom. The van der Waals surface area contributed by atoms with Crippen molar-refractivity contribution < 1.29 is 14.5 Å². The first kappa shape index (κ1) is 19.1. The number of imidazole rings is 1. The highest BCUT2D eigenvalue weighted by Gasteiger charge is 2.18. The average molecular weight is 399 g/mol. The Labute approximate surface area is 171 Å². The van der Waals surface area contributed by atoms with Gasteiger partial charge < -0.3 is 9.72 Å². The smallest absolute Gasteiger partial charge is 0.269 e. The van der Waals surface area contributed by atoms with E-state index < -0.39 is 4.92 Å². The number of rotatable bonds is 6. The molecule has 0 atom stereocenters. The second-order valence-corrected chi connectivity index (χ2v) is 6.57. The Bertz CT molecular complexity index is 1220. The highest BCUT2D eigenvalue weighted by atomic mass is 16.6. The highest BCUT2D eigenvalue weighted by molar-refractivity contribution is 6.32. The predicted octanol–water partition coefficient (Wildman–Crippen LogP) is 4.90. The molecule has 0 aliphatic heterocycles. The van der Waals surface area contributed by atoms with Gasteiger partial charge in [-0.3, -0.25) is 14.9 Å². The normalized spacial score (nSPS) is 11.4. The van der Waals surface area contributed by atoms with Gasteiger partial charge in [-0.05, 0) is 60.2 Å². The van der Waals surface area contributed by atoms with E-state index in [0.717, 1.165) is 11.0 Å².